The number of furan rings is 1. The summed E-state index contributed by atoms with van der Waals surface area (Å²) in [6.07, 6.45) is 2.08. The summed E-state index contributed by atoms with van der Waals surface area (Å²) in [5.74, 6) is 0.236. The predicted molar refractivity (Wildman–Crippen MR) is 118 cm³/mol. The molecule has 1 aliphatic rings. The Morgan fingerprint density at radius 1 is 1.28 bits per heavy atom. The van der Waals surface area contributed by atoms with E-state index in [4.69, 9.17) is 9.15 Å². The van der Waals surface area contributed by atoms with E-state index < -0.39 is 22.0 Å². The minimum absolute atomic E-state index is 0.131. The van der Waals surface area contributed by atoms with Crippen molar-refractivity contribution in [3.8, 4) is 0 Å². The number of benzene rings is 1. The fourth-order valence-corrected chi connectivity index (χ4v) is 4.77. The highest BCUT2D eigenvalue weighted by molar-refractivity contribution is 7.90. The number of aryl methyl sites for hydroxylation is 1. The molecule has 2 aromatic rings. The van der Waals surface area contributed by atoms with Crippen molar-refractivity contribution < 1.29 is 27.2 Å². The Balaban J connectivity index is 1.84. The lowest BCUT2D eigenvalue weighted by molar-refractivity contribution is -0.132. The number of likely N-dealkylation sites (N-methyl/N-ethyl adjacent to an activating group) is 1. The van der Waals surface area contributed by atoms with Crippen LogP contribution in [0, 0.1) is 6.92 Å². The number of fused-ring (bicyclic) bond motifs is 1. The third-order valence-corrected chi connectivity index (χ3v) is 6.60. The van der Waals surface area contributed by atoms with E-state index in [-0.39, 0.29) is 23.2 Å². The highest BCUT2D eigenvalue weighted by atomic mass is 32.2. The van der Waals surface area contributed by atoms with Crippen LogP contribution in [-0.2, 0) is 26.1 Å². The van der Waals surface area contributed by atoms with Crippen LogP contribution in [0.2, 0.25) is 0 Å². The van der Waals surface area contributed by atoms with Crippen molar-refractivity contribution >= 4 is 27.7 Å². The molecule has 2 heterocycles. The molecule has 0 spiro atoms. The van der Waals surface area contributed by atoms with Gasteiger partial charge in [-0.15, -0.1) is 0 Å². The first kappa shape index (κ1) is 23.5. The van der Waals surface area contributed by atoms with Gasteiger partial charge in [0.25, 0.3) is 10.0 Å². The second-order valence-electron chi connectivity index (χ2n) is 7.61. The van der Waals surface area contributed by atoms with Crippen molar-refractivity contribution in [3.63, 3.8) is 0 Å². The van der Waals surface area contributed by atoms with Gasteiger partial charge < -0.3 is 14.1 Å². The van der Waals surface area contributed by atoms with Crippen molar-refractivity contribution in [2.45, 2.75) is 50.6 Å². The van der Waals surface area contributed by atoms with Crippen LogP contribution in [0.1, 0.15) is 53.6 Å². The SMILES string of the molecule is CCCCC(N=C1NS(=O)(=O)c2ccccc21)C(=O)N(C)Cc1cc(C(=O)OC)c(C)o1. The van der Waals surface area contributed by atoms with Gasteiger partial charge in [-0.1, -0.05) is 31.9 Å². The molecule has 1 atom stereocenters. The number of nitrogens with one attached hydrogen (secondary N) is 1. The van der Waals surface area contributed by atoms with E-state index in [1.807, 2.05) is 6.92 Å². The summed E-state index contributed by atoms with van der Waals surface area (Å²) in [7, 11) is -0.789. The van der Waals surface area contributed by atoms with Crippen molar-refractivity contribution in [2.24, 2.45) is 4.99 Å². The number of aliphatic imine (C=N–C) groups is 1. The van der Waals surface area contributed by atoms with Crippen LogP contribution in [0.3, 0.4) is 0 Å². The third kappa shape index (κ3) is 4.85. The largest absolute Gasteiger partial charge is 0.465 e. The zero-order chi connectivity index (χ0) is 23.5. The molecule has 0 saturated heterocycles. The molecular formula is C22H27N3O6S. The Labute approximate surface area is 187 Å². The summed E-state index contributed by atoms with van der Waals surface area (Å²) in [5.41, 5.74) is 0.761. The van der Waals surface area contributed by atoms with E-state index in [9.17, 15) is 18.0 Å². The van der Waals surface area contributed by atoms with Crippen LogP contribution in [0.5, 0.6) is 0 Å². The van der Waals surface area contributed by atoms with Gasteiger partial charge in [0.15, 0.2) is 0 Å². The maximum Gasteiger partial charge on any atom is 0.341 e. The Morgan fingerprint density at radius 3 is 2.69 bits per heavy atom. The van der Waals surface area contributed by atoms with Crippen LogP contribution < -0.4 is 4.72 Å². The molecule has 0 saturated carbocycles. The second kappa shape index (κ2) is 9.56. The van der Waals surface area contributed by atoms with Gasteiger partial charge in [0.2, 0.25) is 5.91 Å². The average Bonchev–Trinajstić information content (AvgIpc) is 3.26. The lowest BCUT2D eigenvalue weighted by Gasteiger charge is -2.21. The molecule has 9 nitrogen and oxygen atoms in total. The van der Waals surface area contributed by atoms with Crippen molar-refractivity contribution in [1.82, 2.24) is 9.62 Å². The molecule has 0 radical (unpaired) electrons. The molecule has 1 amide bonds. The summed E-state index contributed by atoms with van der Waals surface area (Å²) in [6, 6.07) is 7.33. The number of amides is 1. The zero-order valence-electron chi connectivity index (χ0n) is 18.5. The fourth-order valence-electron chi connectivity index (χ4n) is 3.53. The van der Waals surface area contributed by atoms with Crippen molar-refractivity contribution in [3.05, 3.63) is 53.0 Å². The summed E-state index contributed by atoms with van der Waals surface area (Å²) < 4.78 is 37.6. The Hall–Kier alpha value is -3.14. The van der Waals surface area contributed by atoms with Crippen LogP contribution in [-0.4, -0.2) is 51.2 Å². The van der Waals surface area contributed by atoms with Gasteiger partial charge in [-0.05, 0) is 31.5 Å². The highest BCUT2D eigenvalue weighted by Gasteiger charge is 2.32. The monoisotopic (exact) mass is 461 g/mol. The maximum absolute atomic E-state index is 13.2. The molecule has 0 aliphatic carbocycles. The molecule has 3 rings (SSSR count). The van der Waals surface area contributed by atoms with Crippen LogP contribution in [0.25, 0.3) is 0 Å². The Bertz CT molecular complexity index is 1150. The highest BCUT2D eigenvalue weighted by Crippen LogP contribution is 2.24. The quantitative estimate of drug-likeness (QED) is 0.604. The number of carbonyl (C=O) groups excluding carboxylic acids is 2. The minimum atomic E-state index is -3.69. The van der Waals surface area contributed by atoms with Gasteiger partial charge >= 0.3 is 5.97 Å². The molecular weight excluding hydrogens is 434 g/mol. The predicted octanol–water partition coefficient (Wildman–Crippen LogP) is 2.63. The smallest absolute Gasteiger partial charge is 0.341 e. The number of amidine groups is 1. The van der Waals surface area contributed by atoms with Gasteiger partial charge in [0.05, 0.1) is 18.6 Å². The number of hydrogen-bond acceptors (Lipinski definition) is 7. The van der Waals surface area contributed by atoms with Gasteiger partial charge in [-0.25, -0.2) is 13.2 Å². The Morgan fingerprint density at radius 2 is 2.00 bits per heavy atom. The van der Waals surface area contributed by atoms with Crippen molar-refractivity contribution in [1.29, 1.82) is 0 Å². The molecule has 172 valence electrons. The first-order valence-corrected chi connectivity index (χ1v) is 11.8. The van der Waals surface area contributed by atoms with Crippen LogP contribution in [0.4, 0.5) is 0 Å². The molecule has 32 heavy (non-hydrogen) atoms. The third-order valence-electron chi connectivity index (χ3n) is 5.21. The van der Waals surface area contributed by atoms with Gasteiger partial charge in [0.1, 0.15) is 29.0 Å². The van der Waals surface area contributed by atoms with Crippen LogP contribution >= 0.6 is 0 Å². The zero-order valence-corrected chi connectivity index (χ0v) is 19.4. The molecule has 1 aliphatic heterocycles. The average molecular weight is 462 g/mol. The molecule has 0 bridgehead atoms. The molecule has 1 aromatic carbocycles. The summed E-state index contributed by atoms with van der Waals surface area (Å²) >= 11 is 0. The molecule has 0 fully saturated rings. The second-order valence-corrected chi connectivity index (χ2v) is 9.26. The topological polar surface area (TPSA) is 118 Å². The number of sulfonamides is 1. The normalized spacial score (nSPS) is 16.3. The van der Waals surface area contributed by atoms with E-state index in [0.717, 1.165) is 12.8 Å². The number of methoxy groups -OCH3 is 1. The number of hydrogen-bond donors (Lipinski definition) is 1. The number of unbranched alkanes of at least 4 members (excludes halogenated alkanes) is 1. The van der Waals surface area contributed by atoms with E-state index >= 15 is 0 Å². The number of carbonyl (C=O) groups is 2. The fraction of sp³-hybridized carbons (Fsp3) is 0.409. The van der Waals surface area contributed by atoms with E-state index in [1.165, 1.54) is 18.1 Å². The van der Waals surface area contributed by atoms with Gasteiger partial charge in [0, 0.05) is 12.6 Å². The maximum atomic E-state index is 13.2. The van der Waals surface area contributed by atoms with Gasteiger partial charge in [-0.3, -0.25) is 14.5 Å². The van der Waals surface area contributed by atoms with E-state index in [1.54, 1.807) is 38.2 Å². The standard InChI is InChI=1S/C22H27N3O6S/c1-5-6-10-18(23-20-16-9-7-8-11-19(16)32(28,29)24-20)21(26)25(3)13-15-12-17(14(2)31-15)22(27)30-4/h7-9,11-12,18H,5-6,10,13H2,1-4H3,(H,23,24). The number of rotatable bonds is 8. The van der Waals surface area contributed by atoms with E-state index in [2.05, 4.69) is 9.71 Å². The molecule has 1 N–H and O–H groups in total. The number of ether oxygens (including phenoxy) is 1. The summed E-state index contributed by atoms with van der Waals surface area (Å²) in [6.45, 7) is 3.79. The lowest BCUT2D eigenvalue weighted by atomic mass is 10.1. The number of esters is 1. The molecule has 1 unspecified atom stereocenters. The van der Waals surface area contributed by atoms with Crippen molar-refractivity contribution in [2.75, 3.05) is 14.2 Å². The Kier molecular flexibility index (Phi) is 7.02. The molecule has 10 heteroatoms. The van der Waals surface area contributed by atoms with Crippen LogP contribution in [0.15, 0.2) is 44.6 Å². The van der Waals surface area contributed by atoms with E-state index in [0.29, 0.717) is 29.1 Å². The molecule has 1 aromatic heterocycles. The first-order chi connectivity index (χ1) is 15.2. The lowest BCUT2D eigenvalue weighted by Crippen LogP contribution is -2.36. The summed E-state index contributed by atoms with van der Waals surface area (Å²) in [4.78, 5) is 31.1. The first-order valence-electron chi connectivity index (χ1n) is 10.3. The summed E-state index contributed by atoms with van der Waals surface area (Å²) in [5, 5.41) is 0. The van der Waals surface area contributed by atoms with Gasteiger partial charge in [-0.2, -0.15) is 0 Å². The number of nitrogens with zero attached hydrogens (tertiary/aromatic N) is 2. The minimum Gasteiger partial charge on any atom is -0.465 e.